The molecule has 0 unspecified atom stereocenters. The molecule has 0 aliphatic carbocycles. The van der Waals surface area contributed by atoms with Crippen molar-refractivity contribution in [2.75, 3.05) is 0 Å². The van der Waals surface area contributed by atoms with E-state index in [0.29, 0.717) is 16.7 Å². The summed E-state index contributed by atoms with van der Waals surface area (Å²) in [5.74, 6) is -0.534. The van der Waals surface area contributed by atoms with Gasteiger partial charge in [0.15, 0.2) is 5.58 Å². The van der Waals surface area contributed by atoms with Gasteiger partial charge in [0.25, 0.3) is 0 Å². The van der Waals surface area contributed by atoms with Gasteiger partial charge in [-0.1, -0.05) is 25.1 Å². The fraction of sp³-hybridized carbons (Fsp3) is 0.188. The number of fused-ring (bicyclic) bond motifs is 1. The molecule has 0 atom stereocenters. The van der Waals surface area contributed by atoms with E-state index in [4.69, 9.17) is 4.42 Å². The van der Waals surface area contributed by atoms with Gasteiger partial charge >= 0.3 is 5.76 Å². The molecule has 0 bridgehead atoms. The maximum Gasteiger partial charge on any atom is 0.417 e. The maximum absolute atomic E-state index is 12.3. The van der Waals surface area contributed by atoms with Crippen LogP contribution in [0.4, 0.5) is 0 Å². The number of sulfonamides is 1. The quantitative estimate of drug-likeness (QED) is 0.749. The van der Waals surface area contributed by atoms with Crippen molar-refractivity contribution in [1.29, 1.82) is 0 Å². The van der Waals surface area contributed by atoms with Crippen LogP contribution < -0.4 is 10.5 Å². The van der Waals surface area contributed by atoms with Crippen LogP contribution >= 0.6 is 0 Å². The summed E-state index contributed by atoms with van der Waals surface area (Å²) in [5, 5.41) is 0. The summed E-state index contributed by atoms with van der Waals surface area (Å²) in [6.45, 7) is 2.12. The Morgan fingerprint density at radius 1 is 1.09 bits per heavy atom. The number of rotatable bonds is 5. The van der Waals surface area contributed by atoms with Crippen LogP contribution in [-0.2, 0) is 23.0 Å². The minimum absolute atomic E-state index is 0.114. The van der Waals surface area contributed by atoms with Crippen LogP contribution in [0.3, 0.4) is 0 Å². The molecule has 3 aromatic rings. The monoisotopic (exact) mass is 332 g/mol. The van der Waals surface area contributed by atoms with E-state index in [1.807, 2.05) is 6.92 Å². The molecule has 23 heavy (non-hydrogen) atoms. The Morgan fingerprint density at radius 3 is 2.48 bits per heavy atom. The number of nitrogens with one attached hydrogen (secondary N) is 2. The summed E-state index contributed by atoms with van der Waals surface area (Å²) < 4.78 is 32.1. The molecule has 3 rings (SSSR count). The van der Waals surface area contributed by atoms with E-state index in [0.717, 1.165) is 12.0 Å². The predicted molar refractivity (Wildman–Crippen MR) is 86.7 cm³/mol. The van der Waals surface area contributed by atoms with Crippen LogP contribution in [0, 0.1) is 0 Å². The number of H-pyrrole nitrogens is 1. The minimum atomic E-state index is -3.58. The van der Waals surface area contributed by atoms with E-state index in [1.165, 1.54) is 0 Å². The van der Waals surface area contributed by atoms with Gasteiger partial charge in [0.1, 0.15) is 0 Å². The molecule has 0 saturated heterocycles. The Morgan fingerprint density at radius 2 is 1.78 bits per heavy atom. The Labute approximate surface area is 133 Å². The molecule has 0 aliphatic heterocycles. The first-order chi connectivity index (χ1) is 11.0. The summed E-state index contributed by atoms with van der Waals surface area (Å²) in [7, 11) is -3.58. The molecule has 1 heterocycles. The standard InChI is InChI=1S/C16H16N2O4S/c1-2-11-3-6-13(7-4-11)23(20,21)17-10-12-5-8-14-15(9-12)22-16(19)18-14/h3-9,17H,2,10H2,1H3,(H,18,19). The van der Waals surface area contributed by atoms with Crippen LogP contribution in [-0.4, -0.2) is 13.4 Å². The topological polar surface area (TPSA) is 92.2 Å². The molecule has 0 aliphatic rings. The Kier molecular flexibility index (Phi) is 4.06. The van der Waals surface area contributed by atoms with Gasteiger partial charge in [0, 0.05) is 6.54 Å². The van der Waals surface area contributed by atoms with Gasteiger partial charge in [0.05, 0.1) is 10.4 Å². The van der Waals surface area contributed by atoms with E-state index >= 15 is 0 Å². The third-order valence-corrected chi connectivity index (χ3v) is 5.01. The van der Waals surface area contributed by atoms with Gasteiger partial charge in [-0.15, -0.1) is 0 Å². The van der Waals surface area contributed by atoms with Crippen LogP contribution in [0.5, 0.6) is 0 Å². The molecule has 120 valence electrons. The van der Waals surface area contributed by atoms with Crippen molar-refractivity contribution in [2.24, 2.45) is 0 Å². The molecular formula is C16H16N2O4S. The zero-order valence-corrected chi connectivity index (χ0v) is 13.3. The molecule has 1 aromatic heterocycles. The second-order valence-electron chi connectivity index (χ2n) is 5.17. The van der Waals surface area contributed by atoms with E-state index in [2.05, 4.69) is 9.71 Å². The number of benzene rings is 2. The molecule has 0 amide bonds. The van der Waals surface area contributed by atoms with Crippen molar-refractivity contribution < 1.29 is 12.8 Å². The highest BCUT2D eigenvalue weighted by Gasteiger charge is 2.13. The summed E-state index contributed by atoms with van der Waals surface area (Å²) >= 11 is 0. The highest BCUT2D eigenvalue weighted by molar-refractivity contribution is 7.89. The van der Waals surface area contributed by atoms with Crippen molar-refractivity contribution in [3.63, 3.8) is 0 Å². The summed E-state index contributed by atoms with van der Waals surface area (Å²) in [4.78, 5) is 13.9. The average Bonchev–Trinajstić information content (AvgIpc) is 2.92. The number of aromatic amines is 1. The predicted octanol–water partition coefficient (Wildman–Crippen LogP) is 2.16. The molecule has 7 heteroatoms. The SMILES string of the molecule is CCc1ccc(S(=O)(=O)NCc2ccc3[nH]c(=O)oc3c2)cc1. The Balaban J connectivity index is 1.77. The zero-order valence-electron chi connectivity index (χ0n) is 12.5. The van der Waals surface area contributed by atoms with Crippen molar-refractivity contribution in [3.05, 3.63) is 64.1 Å². The number of aryl methyl sites for hydroxylation is 1. The van der Waals surface area contributed by atoms with E-state index in [1.54, 1.807) is 42.5 Å². The molecule has 0 saturated carbocycles. The zero-order chi connectivity index (χ0) is 16.4. The van der Waals surface area contributed by atoms with Gasteiger partial charge in [-0.3, -0.25) is 4.98 Å². The summed E-state index contributed by atoms with van der Waals surface area (Å²) in [6, 6.07) is 11.8. The molecule has 2 aromatic carbocycles. The molecule has 0 radical (unpaired) electrons. The highest BCUT2D eigenvalue weighted by Crippen LogP contribution is 2.14. The fourth-order valence-corrected chi connectivity index (χ4v) is 3.28. The van der Waals surface area contributed by atoms with E-state index in [-0.39, 0.29) is 11.4 Å². The highest BCUT2D eigenvalue weighted by atomic mass is 32.2. The van der Waals surface area contributed by atoms with Gasteiger partial charge in [-0.25, -0.2) is 17.9 Å². The van der Waals surface area contributed by atoms with Crippen molar-refractivity contribution in [1.82, 2.24) is 9.71 Å². The third-order valence-electron chi connectivity index (χ3n) is 3.59. The first-order valence-electron chi connectivity index (χ1n) is 7.18. The van der Waals surface area contributed by atoms with E-state index < -0.39 is 15.8 Å². The molecule has 0 spiro atoms. The maximum atomic E-state index is 12.3. The van der Waals surface area contributed by atoms with Gasteiger partial charge in [-0.2, -0.15) is 0 Å². The van der Waals surface area contributed by atoms with Crippen molar-refractivity contribution in [2.45, 2.75) is 24.8 Å². The summed E-state index contributed by atoms with van der Waals surface area (Å²) in [5.41, 5.74) is 2.77. The van der Waals surface area contributed by atoms with Crippen molar-refractivity contribution >= 4 is 21.1 Å². The lowest BCUT2D eigenvalue weighted by atomic mass is 10.2. The third kappa shape index (κ3) is 3.35. The van der Waals surface area contributed by atoms with Crippen LogP contribution in [0.15, 0.2) is 56.6 Å². The average molecular weight is 332 g/mol. The number of oxazole rings is 1. The van der Waals surface area contributed by atoms with Gasteiger partial charge in [0.2, 0.25) is 10.0 Å². The number of hydrogen-bond acceptors (Lipinski definition) is 4. The first-order valence-corrected chi connectivity index (χ1v) is 8.66. The lowest BCUT2D eigenvalue weighted by Crippen LogP contribution is -2.23. The molecule has 0 fully saturated rings. The number of aromatic nitrogens is 1. The van der Waals surface area contributed by atoms with Crippen molar-refractivity contribution in [3.8, 4) is 0 Å². The van der Waals surface area contributed by atoms with Crippen LogP contribution in [0.1, 0.15) is 18.1 Å². The van der Waals surface area contributed by atoms with Crippen LogP contribution in [0.25, 0.3) is 11.1 Å². The van der Waals surface area contributed by atoms with Gasteiger partial charge < -0.3 is 4.42 Å². The Bertz CT molecular complexity index is 985. The lowest BCUT2D eigenvalue weighted by Gasteiger charge is -2.07. The smallest absolute Gasteiger partial charge is 0.408 e. The van der Waals surface area contributed by atoms with Crippen LogP contribution in [0.2, 0.25) is 0 Å². The summed E-state index contributed by atoms with van der Waals surface area (Å²) in [6.07, 6.45) is 0.857. The van der Waals surface area contributed by atoms with E-state index in [9.17, 15) is 13.2 Å². The normalized spacial score (nSPS) is 11.9. The minimum Gasteiger partial charge on any atom is -0.408 e. The second kappa shape index (κ2) is 6.02. The molecule has 2 N–H and O–H groups in total. The second-order valence-corrected chi connectivity index (χ2v) is 6.93. The first kappa shape index (κ1) is 15.5. The number of hydrogen-bond donors (Lipinski definition) is 2. The van der Waals surface area contributed by atoms with Gasteiger partial charge in [-0.05, 0) is 41.8 Å². The fourth-order valence-electron chi connectivity index (χ4n) is 2.27. The molecular weight excluding hydrogens is 316 g/mol. The lowest BCUT2D eigenvalue weighted by molar-refractivity contribution is 0.554. The molecule has 6 nitrogen and oxygen atoms in total. The Hall–Kier alpha value is -2.38. The largest absolute Gasteiger partial charge is 0.417 e.